The Bertz CT molecular complexity index is 1340. The highest BCUT2D eigenvalue weighted by molar-refractivity contribution is 6.01. The molecule has 2 aromatic carbocycles. The molecular formula is C23H21F2N5O3. The Labute approximate surface area is 188 Å². The van der Waals surface area contributed by atoms with Crippen LogP contribution in [0.1, 0.15) is 10.4 Å². The second kappa shape index (κ2) is 7.58. The van der Waals surface area contributed by atoms with Crippen LogP contribution >= 0.6 is 0 Å². The highest BCUT2D eigenvalue weighted by Crippen LogP contribution is 2.37. The predicted molar refractivity (Wildman–Crippen MR) is 117 cm³/mol. The van der Waals surface area contributed by atoms with Crippen molar-refractivity contribution in [1.82, 2.24) is 24.2 Å². The predicted octanol–water partition coefficient (Wildman–Crippen LogP) is 3.53. The van der Waals surface area contributed by atoms with Gasteiger partial charge in [-0.3, -0.25) is 14.0 Å². The number of methoxy groups -OCH3 is 2. The van der Waals surface area contributed by atoms with E-state index in [0.717, 1.165) is 27.1 Å². The Hall–Kier alpha value is -3.95. The van der Waals surface area contributed by atoms with Crippen molar-refractivity contribution in [2.24, 2.45) is 7.05 Å². The molecule has 1 amide bonds. The van der Waals surface area contributed by atoms with Crippen LogP contribution in [0.25, 0.3) is 27.8 Å². The van der Waals surface area contributed by atoms with Gasteiger partial charge in [0.25, 0.3) is 11.8 Å². The molecule has 8 nitrogen and oxygen atoms in total. The number of imidazole rings is 1. The van der Waals surface area contributed by atoms with E-state index in [1.807, 2.05) is 36.0 Å². The zero-order valence-corrected chi connectivity index (χ0v) is 18.2. The van der Waals surface area contributed by atoms with E-state index in [9.17, 15) is 13.6 Å². The number of likely N-dealkylation sites (tertiary alicyclic amines) is 1. The van der Waals surface area contributed by atoms with Crippen molar-refractivity contribution in [3.05, 3.63) is 54.6 Å². The number of alkyl halides is 2. The van der Waals surface area contributed by atoms with Crippen molar-refractivity contribution in [2.45, 2.75) is 5.92 Å². The summed E-state index contributed by atoms with van der Waals surface area (Å²) in [6.45, 7) is -1.24. The van der Waals surface area contributed by atoms with E-state index in [1.165, 1.54) is 14.2 Å². The Kier molecular flexibility index (Phi) is 4.80. The average Bonchev–Trinajstić information content (AvgIpc) is 3.41. The first-order chi connectivity index (χ1) is 15.8. The molecule has 33 heavy (non-hydrogen) atoms. The van der Waals surface area contributed by atoms with Gasteiger partial charge in [-0.1, -0.05) is 6.07 Å². The summed E-state index contributed by atoms with van der Waals surface area (Å²) in [4.78, 5) is 18.5. The standard InChI is InChI=1S/C23H21F2N5O3/c1-28-10-15(9-27-28)14-4-5-18-17(6-14)26-13-30(18)16-7-19(32-2)21(20(8-16)33-3)22(31)29-11-23(24,25)12-29/h4-10,13H,11-12H2,1-3H3. The monoisotopic (exact) mass is 453 g/mol. The van der Waals surface area contributed by atoms with Gasteiger partial charge in [0.2, 0.25) is 0 Å². The van der Waals surface area contributed by atoms with Crippen molar-refractivity contribution in [3.63, 3.8) is 0 Å². The van der Waals surface area contributed by atoms with Gasteiger partial charge in [-0.25, -0.2) is 13.8 Å². The molecule has 2 aromatic heterocycles. The van der Waals surface area contributed by atoms with Crippen LogP contribution in [0.2, 0.25) is 0 Å². The minimum Gasteiger partial charge on any atom is -0.496 e. The van der Waals surface area contributed by atoms with Gasteiger partial charge in [0, 0.05) is 30.9 Å². The Morgan fingerprint density at radius 2 is 1.76 bits per heavy atom. The van der Waals surface area contributed by atoms with Crippen molar-refractivity contribution in [2.75, 3.05) is 27.3 Å². The number of aromatic nitrogens is 4. The van der Waals surface area contributed by atoms with Crippen LogP contribution in [0, 0.1) is 0 Å². The van der Waals surface area contributed by atoms with E-state index in [-0.39, 0.29) is 17.1 Å². The Morgan fingerprint density at radius 1 is 1.06 bits per heavy atom. The van der Waals surface area contributed by atoms with Gasteiger partial charge < -0.3 is 14.4 Å². The molecule has 0 radical (unpaired) electrons. The first-order valence-electron chi connectivity index (χ1n) is 10.2. The maximum absolute atomic E-state index is 13.3. The number of hydrogen-bond donors (Lipinski definition) is 0. The van der Waals surface area contributed by atoms with Crippen molar-refractivity contribution in [3.8, 4) is 28.3 Å². The van der Waals surface area contributed by atoms with Crippen LogP contribution < -0.4 is 9.47 Å². The molecule has 10 heteroatoms. The summed E-state index contributed by atoms with van der Waals surface area (Å²) in [5.74, 6) is -2.95. The van der Waals surface area contributed by atoms with Gasteiger partial charge >= 0.3 is 0 Å². The topological polar surface area (TPSA) is 74.4 Å². The summed E-state index contributed by atoms with van der Waals surface area (Å²) < 4.78 is 41.1. The second-order valence-electron chi connectivity index (χ2n) is 7.96. The maximum atomic E-state index is 13.3. The molecule has 0 bridgehead atoms. The molecule has 170 valence electrons. The average molecular weight is 453 g/mol. The molecule has 1 aliphatic rings. The van der Waals surface area contributed by atoms with Crippen LogP contribution in [-0.4, -0.2) is 63.4 Å². The van der Waals surface area contributed by atoms with Crippen LogP contribution in [0.4, 0.5) is 8.78 Å². The van der Waals surface area contributed by atoms with E-state index >= 15 is 0 Å². The number of fused-ring (bicyclic) bond motifs is 1. The third-order valence-corrected chi connectivity index (χ3v) is 5.70. The minimum absolute atomic E-state index is 0.113. The lowest BCUT2D eigenvalue weighted by Gasteiger charge is -2.39. The molecule has 1 saturated heterocycles. The Morgan fingerprint density at radius 3 is 2.33 bits per heavy atom. The summed E-state index contributed by atoms with van der Waals surface area (Å²) in [7, 11) is 4.71. The molecule has 5 rings (SSSR count). The van der Waals surface area contributed by atoms with E-state index < -0.39 is 24.9 Å². The van der Waals surface area contributed by atoms with Crippen LogP contribution in [-0.2, 0) is 7.05 Å². The summed E-state index contributed by atoms with van der Waals surface area (Å²) in [6, 6.07) is 9.24. The molecule has 1 aliphatic heterocycles. The molecule has 0 saturated carbocycles. The zero-order chi connectivity index (χ0) is 23.3. The highest BCUT2D eigenvalue weighted by Gasteiger charge is 2.47. The number of carbonyl (C=O) groups is 1. The Balaban J connectivity index is 1.55. The van der Waals surface area contributed by atoms with Gasteiger partial charge in [-0.05, 0) is 17.7 Å². The second-order valence-corrected chi connectivity index (χ2v) is 7.96. The fourth-order valence-corrected chi connectivity index (χ4v) is 4.03. The van der Waals surface area contributed by atoms with Crippen molar-refractivity contribution < 1.29 is 23.0 Å². The number of benzene rings is 2. The number of halogens is 2. The normalized spacial score (nSPS) is 14.9. The van der Waals surface area contributed by atoms with Crippen LogP contribution in [0.3, 0.4) is 0 Å². The van der Waals surface area contributed by atoms with Crippen molar-refractivity contribution >= 4 is 16.9 Å². The lowest BCUT2D eigenvalue weighted by Crippen LogP contribution is -2.58. The van der Waals surface area contributed by atoms with E-state index in [4.69, 9.17) is 9.47 Å². The van der Waals surface area contributed by atoms with Crippen molar-refractivity contribution in [1.29, 1.82) is 0 Å². The quantitative estimate of drug-likeness (QED) is 0.462. The molecular weight excluding hydrogens is 432 g/mol. The summed E-state index contributed by atoms with van der Waals surface area (Å²) >= 11 is 0. The number of aryl methyl sites for hydroxylation is 1. The maximum Gasteiger partial charge on any atom is 0.282 e. The van der Waals surface area contributed by atoms with E-state index in [1.54, 1.807) is 29.3 Å². The fraction of sp³-hybridized carbons (Fsp3) is 0.261. The molecule has 0 unspecified atom stereocenters. The van der Waals surface area contributed by atoms with Crippen LogP contribution in [0.15, 0.2) is 49.1 Å². The molecule has 1 fully saturated rings. The lowest BCUT2D eigenvalue weighted by atomic mass is 10.1. The van der Waals surface area contributed by atoms with Gasteiger partial charge in [0.1, 0.15) is 23.4 Å². The number of amides is 1. The number of carbonyl (C=O) groups excluding carboxylic acids is 1. The number of hydrogen-bond acceptors (Lipinski definition) is 5. The smallest absolute Gasteiger partial charge is 0.282 e. The molecule has 0 spiro atoms. The zero-order valence-electron chi connectivity index (χ0n) is 18.2. The number of nitrogens with zero attached hydrogens (tertiary/aromatic N) is 5. The molecule has 0 N–H and O–H groups in total. The van der Waals surface area contributed by atoms with E-state index in [0.29, 0.717) is 5.69 Å². The van der Waals surface area contributed by atoms with Gasteiger partial charge in [-0.15, -0.1) is 0 Å². The number of ether oxygens (including phenoxy) is 2. The first-order valence-corrected chi connectivity index (χ1v) is 10.2. The fourth-order valence-electron chi connectivity index (χ4n) is 4.03. The van der Waals surface area contributed by atoms with Gasteiger partial charge in [-0.2, -0.15) is 5.10 Å². The molecule has 0 atom stereocenters. The van der Waals surface area contributed by atoms with Gasteiger partial charge in [0.05, 0.1) is 50.2 Å². The summed E-state index contributed by atoms with van der Waals surface area (Å²) in [6.07, 6.45) is 5.39. The SMILES string of the molecule is COc1cc(-n2cnc3cc(-c4cnn(C)c4)ccc32)cc(OC)c1C(=O)N1CC(F)(F)C1. The third-order valence-electron chi connectivity index (χ3n) is 5.70. The van der Waals surface area contributed by atoms with Crippen LogP contribution in [0.5, 0.6) is 11.5 Å². The van der Waals surface area contributed by atoms with Gasteiger partial charge in [0.15, 0.2) is 0 Å². The third kappa shape index (κ3) is 3.57. The first kappa shape index (κ1) is 20.9. The molecule has 3 heterocycles. The number of rotatable bonds is 5. The summed E-state index contributed by atoms with van der Waals surface area (Å²) in [5.41, 5.74) is 4.36. The molecule has 4 aromatic rings. The highest BCUT2D eigenvalue weighted by atomic mass is 19.3. The van der Waals surface area contributed by atoms with E-state index in [2.05, 4.69) is 10.1 Å². The summed E-state index contributed by atoms with van der Waals surface area (Å²) in [5, 5.41) is 4.21. The lowest BCUT2D eigenvalue weighted by molar-refractivity contribution is -0.113. The largest absolute Gasteiger partial charge is 0.496 e. The molecule has 0 aliphatic carbocycles. The minimum atomic E-state index is -2.86.